The van der Waals surface area contributed by atoms with E-state index in [2.05, 4.69) is 29.6 Å². The Kier molecular flexibility index (Phi) is 4.35. The van der Waals surface area contributed by atoms with Gasteiger partial charge in [-0.2, -0.15) is 4.98 Å². The number of aromatic nitrogens is 6. The minimum Gasteiger partial charge on any atom is -0.508 e. The highest BCUT2D eigenvalue weighted by Gasteiger charge is 2.23. The van der Waals surface area contributed by atoms with Crippen LogP contribution in [0.3, 0.4) is 0 Å². The van der Waals surface area contributed by atoms with Crippen LogP contribution in [0.5, 0.6) is 17.4 Å². The average Bonchev–Trinajstić information content (AvgIpc) is 3.14. The first-order chi connectivity index (χ1) is 14.9. The number of aryl methyl sites for hydroxylation is 2. The van der Waals surface area contributed by atoms with E-state index in [4.69, 9.17) is 15.5 Å². The summed E-state index contributed by atoms with van der Waals surface area (Å²) < 4.78 is 8.33. The van der Waals surface area contributed by atoms with Gasteiger partial charge < -0.3 is 25.0 Å². The van der Waals surface area contributed by atoms with Crippen molar-refractivity contribution in [1.82, 2.24) is 29.7 Å². The molecule has 4 aromatic rings. The summed E-state index contributed by atoms with van der Waals surface area (Å²) in [6, 6.07) is 5.31. The van der Waals surface area contributed by atoms with E-state index in [1.807, 2.05) is 19.9 Å². The van der Waals surface area contributed by atoms with Gasteiger partial charge >= 0.3 is 0 Å². The summed E-state index contributed by atoms with van der Waals surface area (Å²) in [5.74, 6) is 3.74. The van der Waals surface area contributed by atoms with Crippen molar-refractivity contribution in [2.75, 3.05) is 17.2 Å². The van der Waals surface area contributed by atoms with Crippen LogP contribution in [0.15, 0.2) is 24.5 Å². The van der Waals surface area contributed by atoms with Crippen LogP contribution in [0, 0.1) is 20.8 Å². The second-order valence-electron chi connectivity index (χ2n) is 7.63. The fourth-order valence-corrected chi connectivity index (χ4v) is 3.86. The first-order valence-corrected chi connectivity index (χ1v) is 9.94. The summed E-state index contributed by atoms with van der Waals surface area (Å²) in [6.07, 6.45) is 1.42. The number of phenols is 1. The molecule has 3 aromatic heterocycles. The number of rotatable bonds is 3. The molecule has 0 radical (unpaired) electrons. The number of aromatic hydroxyl groups is 1. The Hall–Kier alpha value is -3.95. The Morgan fingerprint density at radius 1 is 1.10 bits per heavy atom. The van der Waals surface area contributed by atoms with Crippen molar-refractivity contribution < 1.29 is 9.84 Å². The number of nitrogens with zero attached hydrogens (tertiary/aromatic N) is 7. The Bertz CT molecular complexity index is 1320. The monoisotopic (exact) mass is 418 g/mol. The second-order valence-corrected chi connectivity index (χ2v) is 7.63. The van der Waals surface area contributed by atoms with Crippen LogP contribution in [0.2, 0.25) is 0 Å². The number of pyridine rings is 1. The summed E-state index contributed by atoms with van der Waals surface area (Å²) in [4.78, 5) is 15.4. The zero-order valence-electron chi connectivity index (χ0n) is 17.5. The van der Waals surface area contributed by atoms with Gasteiger partial charge in [0, 0.05) is 24.7 Å². The van der Waals surface area contributed by atoms with Crippen molar-refractivity contribution in [2.45, 2.75) is 33.9 Å². The van der Waals surface area contributed by atoms with Crippen molar-refractivity contribution >= 4 is 22.5 Å². The molecule has 0 unspecified atom stereocenters. The maximum absolute atomic E-state index is 10.2. The number of phenolic OH excluding ortho intramolecular Hbond substituents is 1. The molecule has 0 fully saturated rings. The third-order valence-corrected chi connectivity index (χ3v) is 5.64. The molecule has 1 aliphatic heterocycles. The van der Waals surface area contributed by atoms with E-state index in [9.17, 15) is 5.11 Å². The molecular formula is C21H22N8O2. The molecule has 0 bridgehead atoms. The number of nitrogen functional groups attached to an aromatic ring is 1. The molecule has 5 rings (SSSR count). The van der Waals surface area contributed by atoms with Gasteiger partial charge in [0.25, 0.3) is 0 Å². The molecule has 0 amide bonds. The Balaban J connectivity index is 1.62. The predicted octanol–water partition coefficient (Wildman–Crippen LogP) is 2.64. The zero-order valence-corrected chi connectivity index (χ0v) is 17.5. The highest BCUT2D eigenvalue weighted by Crippen LogP contribution is 2.38. The van der Waals surface area contributed by atoms with Crippen molar-refractivity contribution in [1.29, 1.82) is 0 Å². The van der Waals surface area contributed by atoms with E-state index in [0.717, 1.165) is 30.3 Å². The fourth-order valence-electron chi connectivity index (χ4n) is 3.86. The van der Waals surface area contributed by atoms with Gasteiger partial charge in [-0.15, -0.1) is 10.2 Å². The van der Waals surface area contributed by atoms with Gasteiger partial charge in [-0.3, -0.25) is 0 Å². The average molecular weight is 418 g/mol. The largest absolute Gasteiger partial charge is 0.508 e. The predicted molar refractivity (Wildman–Crippen MR) is 115 cm³/mol. The lowest BCUT2D eigenvalue weighted by Crippen LogP contribution is -2.34. The van der Waals surface area contributed by atoms with E-state index in [0.29, 0.717) is 40.5 Å². The first kappa shape index (κ1) is 19.0. The molecule has 31 heavy (non-hydrogen) atoms. The molecule has 0 atom stereocenters. The number of nitrogens with two attached hydrogens (primary N) is 1. The third kappa shape index (κ3) is 3.16. The van der Waals surface area contributed by atoms with E-state index in [1.54, 1.807) is 19.1 Å². The fraction of sp³-hybridized carbons (Fsp3) is 0.286. The van der Waals surface area contributed by atoms with E-state index >= 15 is 0 Å². The van der Waals surface area contributed by atoms with Gasteiger partial charge in [0.2, 0.25) is 5.88 Å². The van der Waals surface area contributed by atoms with Crippen LogP contribution in [0.4, 0.5) is 11.6 Å². The number of hydrogen-bond donors (Lipinski definition) is 2. The Labute approximate surface area is 178 Å². The van der Waals surface area contributed by atoms with Crippen LogP contribution in [0.25, 0.3) is 10.9 Å². The third-order valence-electron chi connectivity index (χ3n) is 5.64. The molecule has 4 heterocycles. The van der Waals surface area contributed by atoms with E-state index in [1.165, 1.54) is 6.33 Å². The Morgan fingerprint density at radius 3 is 2.77 bits per heavy atom. The standard InChI is InChI=1S/C21H22N8O2/c1-11-4-5-15(30)12(2)19(11)31-21-18-14(23-10-24-20(18)22)8-16(25-21)28-6-7-29-13(3)26-27-17(29)9-28/h4-5,8,10,30H,6-7,9H2,1-3H3,(H2,22,23,24). The van der Waals surface area contributed by atoms with Crippen molar-refractivity contribution in [2.24, 2.45) is 0 Å². The smallest absolute Gasteiger partial charge is 0.234 e. The normalized spacial score (nSPS) is 13.5. The van der Waals surface area contributed by atoms with Crippen molar-refractivity contribution in [3.05, 3.63) is 47.3 Å². The topological polar surface area (TPSA) is 128 Å². The maximum atomic E-state index is 10.2. The van der Waals surface area contributed by atoms with Crippen molar-refractivity contribution in [3.8, 4) is 17.4 Å². The Morgan fingerprint density at radius 2 is 1.94 bits per heavy atom. The summed E-state index contributed by atoms with van der Waals surface area (Å²) >= 11 is 0. The van der Waals surface area contributed by atoms with Gasteiger partial charge in [0.15, 0.2) is 5.82 Å². The second kappa shape index (κ2) is 7.08. The molecule has 10 heteroatoms. The number of anilines is 2. The molecule has 1 aromatic carbocycles. The zero-order chi connectivity index (χ0) is 21.7. The maximum Gasteiger partial charge on any atom is 0.234 e. The van der Waals surface area contributed by atoms with Crippen LogP contribution < -0.4 is 15.4 Å². The molecule has 158 valence electrons. The number of hydrogen-bond acceptors (Lipinski definition) is 9. The summed E-state index contributed by atoms with van der Waals surface area (Å²) in [6.45, 7) is 7.74. The molecule has 0 aliphatic carbocycles. The van der Waals surface area contributed by atoms with Gasteiger partial charge in [0.05, 0.1) is 12.1 Å². The molecule has 10 nitrogen and oxygen atoms in total. The van der Waals surface area contributed by atoms with Crippen LogP contribution in [-0.4, -0.2) is 41.4 Å². The van der Waals surface area contributed by atoms with Crippen LogP contribution >= 0.6 is 0 Å². The van der Waals surface area contributed by atoms with Crippen LogP contribution in [0.1, 0.15) is 22.8 Å². The number of fused-ring (bicyclic) bond motifs is 2. The minimum absolute atomic E-state index is 0.149. The lowest BCUT2D eigenvalue weighted by molar-refractivity contribution is 0.439. The summed E-state index contributed by atoms with van der Waals surface area (Å²) in [5, 5.41) is 19.1. The van der Waals surface area contributed by atoms with Gasteiger partial charge in [0.1, 0.15) is 40.7 Å². The highest BCUT2D eigenvalue weighted by atomic mass is 16.5. The lowest BCUT2D eigenvalue weighted by atomic mass is 10.1. The quantitative estimate of drug-likeness (QED) is 0.516. The SMILES string of the molecule is Cc1ccc(O)c(C)c1Oc1nc(N2CCn3c(C)nnc3C2)cc2ncnc(N)c12. The summed E-state index contributed by atoms with van der Waals surface area (Å²) in [5.41, 5.74) is 8.28. The molecular weight excluding hydrogens is 396 g/mol. The molecule has 3 N–H and O–H groups in total. The molecule has 1 aliphatic rings. The van der Waals surface area contributed by atoms with Gasteiger partial charge in [-0.05, 0) is 32.4 Å². The molecule has 0 saturated carbocycles. The lowest BCUT2D eigenvalue weighted by Gasteiger charge is -2.29. The number of ether oxygens (including phenoxy) is 1. The number of benzene rings is 1. The minimum atomic E-state index is 0.149. The van der Waals surface area contributed by atoms with E-state index in [-0.39, 0.29) is 11.6 Å². The van der Waals surface area contributed by atoms with E-state index < -0.39 is 0 Å². The highest BCUT2D eigenvalue weighted by molar-refractivity contribution is 5.94. The molecule has 0 saturated heterocycles. The van der Waals surface area contributed by atoms with Gasteiger partial charge in [-0.1, -0.05) is 6.07 Å². The van der Waals surface area contributed by atoms with Gasteiger partial charge in [-0.25, -0.2) is 9.97 Å². The summed E-state index contributed by atoms with van der Waals surface area (Å²) in [7, 11) is 0. The van der Waals surface area contributed by atoms with Crippen LogP contribution in [-0.2, 0) is 13.1 Å². The van der Waals surface area contributed by atoms with Crippen molar-refractivity contribution in [3.63, 3.8) is 0 Å². The first-order valence-electron chi connectivity index (χ1n) is 9.94. The molecule has 0 spiro atoms.